The maximum atomic E-state index is 12.7. The van der Waals surface area contributed by atoms with E-state index in [1.165, 1.54) is 11.3 Å². The van der Waals surface area contributed by atoms with Gasteiger partial charge in [0.2, 0.25) is 5.91 Å². The second kappa shape index (κ2) is 6.18. The summed E-state index contributed by atoms with van der Waals surface area (Å²) in [5.74, 6) is -0.171. The van der Waals surface area contributed by atoms with Crippen molar-refractivity contribution < 1.29 is 9.59 Å². The van der Waals surface area contributed by atoms with Crippen molar-refractivity contribution in [3.63, 3.8) is 0 Å². The summed E-state index contributed by atoms with van der Waals surface area (Å²) < 4.78 is 0. The molecule has 1 N–H and O–H groups in total. The average molecular weight is 335 g/mol. The predicted octanol–water partition coefficient (Wildman–Crippen LogP) is 2.47. The van der Waals surface area contributed by atoms with E-state index >= 15 is 0 Å². The molecule has 2 aromatic heterocycles. The summed E-state index contributed by atoms with van der Waals surface area (Å²) in [6, 6.07) is 3.53. The van der Waals surface area contributed by atoms with Crippen molar-refractivity contribution >= 4 is 34.5 Å². The minimum Gasteiger partial charge on any atom is -0.353 e. The highest BCUT2D eigenvalue weighted by atomic mass is 32.1. The number of rotatable bonds is 3. The Kier molecular flexibility index (Phi) is 4.26. The van der Waals surface area contributed by atoms with Crippen LogP contribution in [0.15, 0.2) is 22.9 Å². The molecular formula is C15H17N3O2S2. The zero-order chi connectivity index (χ0) is 15.7. The summed E-state index contributed by atoms with van der Waals surface area (Å²) in [5.41, 5.74) is 0.425. The Hall–Kier alpha value is -1.73. The number of thiophene rings is 1. The number of aromatic nitrogens is 1. The van der Waals surface area contributed by atoms with Crippen LogP contribution in [0.2, 0.25) is 0 Å². The summed E-state index contributed by atoms with van der Waals surface area (Å²) in [7, 11) is 0. The fourth-order valence-corrected chi connectivity index (χ4v) is 4.22. The molecule has 1 fully saturated rings. The van der Waals surface area contributed by atoms with Gasteiger partial charge in [0.1, 0.15) is 16.7 Å². The van der Waals surface area contributed by atoms with Crippen LogP contribution in [0.4, 0.5) is 0 Å². The molecule has 1 unspecified atom stereocenters. The van der Waals surface area contributed by atoms with Gasteiger partial charge in [-0.2, -0.15) is 0 Å². The Labute approximate surface area is 137 Å². The normalized spacial score (nSPS) is 18.6. The predicted molar refractivity (Wildman–Crippen MR) is 88.1 cm³/mol. The largest absolute Gasteiger partial charge is 0.353 e. The first-order valence-corrected chi connectivity index (χ1v) is 8.92. The first-order valence-electron chi connectivity index (χ1n) is 7.16. The van der Waals surface area contributed by atoms with Crippen LogP contribution in [0, 0.1) is 5.92 Å². The van der Waals surface area contributed by atoms with Crippen LogP contribution in [0.5, 0.6) is 0 Å². The molecule has 0 bridgehead atoms. The molecule has 5 nitrogen and oxygen atoms in total. The number of nitrogens with zero attached hydrogens (tertiary/aromatic N) is 2. The number of hydrogen-bond donors (Lipinski definition) is 1. The summed E-state index contributed by atoms with van der Waals surface area (Å²) >= 11 is 3.06. The third-order valence-electron chi connectivity index (χ3n) is 3.60. The summed E-state index contributed by atoms with van der Waals surface area (Å²) in [6.07, 6.45) is 0. The van der Waals surface area contributed by atoms with Crippen LogP contribution in [0.25, 0.3) is 9.88 Å². The van der Waals surface area contributed by atoms with Gasteiger partial charge < -0.3 is 10.2 Å². The lowest BCUT2D eigenvalue weighted by Gasteiger charge is -2.36. The van der Waals surface area contributed by atoms with E-state index in [0.717, 1.165) is 9.88 Å². The van der Waals surface area contributed by atoms with Crippen LogP contribution in [-0.2, 0) is 4.79 Å². The molecule has 22 heavy (non-hydrogen) atoms. The van der Waals surface area contributed by atoms with E-state index in [0.29, 0.717) is 18.8 Å². The van der Waals surface area contributed by atoms with Crippen molar-refractivity contribution in [2.24, 2.45) is 5.92 Å². The molecule has 1 aliphatic rings. The monoisotopic (exact) mass is 335 g/mol. The van der Waals surface area contributed by atoms with Crippen molar-refractivity contribution in [2.75, 3.05) is 13.1 Å². The number of nitrogens with one attached hydrogen (secondary N) is 1. The lowest BCUT2D eigenvalue weighted by molar-refractivity contribution is -0.129. The summed E-state index contributed by atoms with van der Waals surface area (Å²) in [5, 5.41) is 7.44. The highest BCUT2D eigenvalue weighted by Crippen LogP contribution is 2.28. The smallest absolute Gasteiger partial charge is 0.274 e. The van der Waals surface area contributed by atoms with Crippen molar-refractivity contribution in [2.45, 2.75) is 19.9 Å². The fourth-order valence-electron chi connectivity index (χ4n) is 2.61. The molecule has 0 spiro atoms. The highest BCUT2D eigenvalue weighted by Gasteiger charge is 2.36. The molecule has 3 rings (SSSR count). The molecular weight excluding hydrogens is 318 g/mol. The summed E-state index contributed by atoms with van der Waals surface area (Å²) in [4.78, 5) is 31.9. The minimum absolute atomic E-state index is 0.0691. The quantitative estimate of drug-likeness (QED) is 0.937. The third kappa shape index (κ3) is 2.78. The van der Waals surface area contributed by atoms with Crippen LogP contribution in [0.1, 0.15) is 24.3 Å². The summed E-state index contributed by atoms with van der Waals surface area (Å²) in [6.45, 7) is 4.93. The molecule has 1 atom stereocenters. The van der Waals surface area contributed by atoms with E-state index in [9.17, 15) is 9.59 Å². The van der Waals surface area contributed by atoms with Crippen molar-refractivity contribution in [1.29, 1.82) is 0 Å². The van der Waals surface area contributed by atoms with Crippen LogP contribution in [-0.4, -0.2) is 40.8 Å². The van der Waals surface area contributed by atoms with E-state index in [-0.39, 0.29) is 17.7 Å². The fraction of sp³-hybridized carbons (Fsp3) is 0.400. The SMILES string of the molecule is CC(C)C1C(=O)NCCN1C(=O)c1csc(-c2cccs2)n1. The molecule has 0 aliphatic carbocycles. The standard InChI is InChI=1S/C15H17N3O2S2/c1-9(2)12-13(19)16-5-6-18(12)15(20)10-8-22-14(17-10)11-4-3-7-21-11/h3-4,7-9,12H,5-6H2,1-2H3,(H,16,19). The molecule has 1 aliphatic heterocycles. The first-order chi connectivity index (χ1) is 10.6. The van der Waals surface area contributed by atoms with Gasteiger partial charge in [0, 0.05) is 18.5 Å². The number of piperazine rings is 1. The maximum Gasteiger partial charge on any atom is 0.274 e. The van der Waals surface area contributed by atoms with E-state index in [2.05, 4.69) is 10.3 Å². The number of amides is 2. The Bertz CT molecular complexity index is 679. The lowest BCUT2D eigenvalue weighted by atomic mass is 9.99. The van der Waals surface area contributed by atoms with Gasteiger partial charge >= 0.3 is 0 Å². The number of hydrogen-bond acceptors (Lipinski definition) is 5. The Balaban J connectivity index is 1.85. The molecule has 7 heteroatoms. The molecule has 2 amide bonds. The van der Waals surface area contributed by atoms with Gasteiger partial charge in [0.05, 0.1) is 4.88 Å². The Morgan fingerprint density at radius 3 is 2.95 bits per heavy atom. The van der Waals surface area contributed by atoms with Gasteiger partial charge in [0.15, 0.2) is 0 Å². The van der Waals surface area contributed by atoms with Gasteiger partial charge in [-0.1, -0.05) is 19.9 Å². The van der Waals surface area contributed by atoms with E-state index in [1.54, 1.807) is 21.6 Å². The number of thiazole rings is 1. The Morgan fingerprint density at radius 2 is 2.27 bits per heavy atom. The number of carbonyl (C=O) groups is 2. The van der Waals surface area contributed by atoms with Crippen molar-refractivity contribution in [3.05, 3.63) is 28.6 Å². The molecule has 3 heterocycles. The van der Waals surface area contributed by atoms with E-state index in [4.69, 9.17) is 0 Å². The van der Waals surface area contributed by atoms with Gasteiger partial charge in [-0.05, 0) is 17.4 Å². The second-order valence-corrected chi connectivity index (χ2v) is 7.30. The third-order valence-corrected chi connectivity index (χ3v) is 5.49. The van der Waals surface area contributed by atoms with Crippen molar-refractivity contribution in [3.8, 4) is 9.88 Å². The first kappa shape index (κ1) is 15.2. The van der Waals surface area contributed by atoms with Gasteiger partial charge in [-0.15, -0.1) is 22.7 Å². The zero-order valence-electron chi connectivity index (χ0n) is 12.4. The van der Waals surface area contributed by atoms with Crippen LogP contribution < -0.4 is 5.32 Å². The molecule has 0 saturated carbocycles. The zero-order valence-corrected chi connectivity index (χ0v) is 14.0. The molecule has 2 aromatic rings. The maximum absolute atomic E-state index is 12.7. The number of carbonyl (C=O) groups excluding carboxylic acids is 2. The van der Waals surface area contributed by atoms with E-state index < -0.39 is 6.04 Å². The molecule has 1 saturated heterocycles. The molecule has 116 valence electrons. The van der Waals surface area contributed by atoms with Gasteiger partial charge in [-0.25, -0.2) is 4.98 Å². The lowest BCUT2D eigenvalue weighted by Crippen LogP contribution is -2.59. The van der Waals surface area contributed by atoms with Crippen molar-refractivity contribution in [1.82, 2.24) is 15.2 Å². The topological polar surface area (TPSA) is 62.3 Å². The van der Waals surface area contributed by atoms with Crippen LogP contribution >= 0.6 is 22.7 Å². The van der Waals surface area contributed by atoms with E-state index in [1.807, 2.05) is 31.4 Å². The Morgan fingerprint density at radius 1 is 1.45 bits per heavy atom. The van der Waals surface area contributed by atoms with Gasteiger partial charge in [-0.3, -0.25) is 9.59 Å². The minimum atomic E-state index is -0.423. The molecule has 0 aromatic carbocycles. The second-order valence-electron chi connectivity index (χ2n) is 5.49. The average Bonchev–Trinajstić information content (AvgIpc) is 3.16. The van der Waals surface area contributed by atoms with Gasteiger partial charge in [0.25, 0.3) is 5.91 Å². The molecule has 0 radical (unpaired) electrons. The highest BCUT2D eigenvalue weighted by molar-refractivity contribution is 7.20. The van der Waals surface area contributed by atoms with Crippen LogP contribution in [0.3, 0.4) is 0 Å².